The Bertz CT molecular complexity index is 899. The zero-order valence-electron chi connectivity index (χ0n) is 13.9. The third-order valence-corrected chi connectivity index (χ3v) is 5.85. The summed E-state index contributed by atoms with van der Waals surface area (Å²) in [6.45, 7) is 3.59. The first-order valence-electron chi connectivity index (χ1n) is 8.38. The summed E-state index contributed by atoms with van der Waals surface area (Å²) in [7, 11) is 1.67. The summed E-state index contributed by atoms with van der Waals surface area (Å²) >= 11 is 0. The Morgan fingerprint density at radius 1 is 1.16 bits per heavy atom. The van der Waals surface area contributed by atoms with Crippen molar-refractivity contribution in [1.82, 2.24) is 9.47 Å². The molecule has 0 unspecified atom stereocenters. The molecule has 1 spiro atoms. The fraction of sp³-hybridized carbons (Fsp3) is 0.529. The van der Waals surface area contributed by atoms with Gasteiger partial charge in [0.1, 0.15) is 5.60 Å². The average molecular weight is 366 g/mol. The molecule has 25 heavy (non-hydrogen) atoms. The number of fused-ring (bicyclic) bond motifs is 3. The monoisotopic (exact) mass is 365 g/mol. The quantitative estimate of drug-likeness (QED) is 0.773. The predicted octanol–water partition coefficient (Wildman–Crippen LogP) is 1.97. The van der Waals surface area contributed by atoms with Crippen molar-refractivity contribution in [3.05, 3.63) is 28.7 Å². The van der Waals surface area contributed by atoms with E-state index in [2.05, 4.69) is 4.90 Å². The van der Waals surface area contributed by atoms with Crippen molar-refractivity contribution in [2.24, 2.45) is 13.0 Å². The normalized spacial score (nSPS) is 30.8. The van der Waals surface area contributed by atoms with Gasteiger partial charge in [-0.15, -0.1) is 12.4 Å². The van der Waals surface area contributed by atoms with Crippen LogP contribution in [0, 0.1) is 5.92 Å². The maximum absolute atomic E-state index is 12.5. The second kappa shape index (κ2) is 5.51. The Balaban J connectivity index is 0.00000157. The first kappa shape index (κ1) is 16.5. The number of hydrogen-bond acceptors (Lipinski definition) is 5. The van der Waals surface area contributed by atoms with Gasteiger partial charge in [0.2, 0.25) is 0 Å². The molecular formula is C17H20ClN3O4. The number of benzene rings is 1. The number of anilines is 1. The predicted molar refractivity (Wildman–Crippen MR) is 94.4 cm³/mol. The second-order valence-corrected chi connectivity index (χ2v) is 7.15. The third kappa shape index (κ3) is 2.29. The number of rotatable bonds is 1. The van der Waals surface area contributed by atoms with Gasteiger partial charge < -0.3 is 9.15 Å². The molecule has 1 atom stereocenters. The van der Waals surface area contributed by atoms with Crippen LogP contribution in [0.2, 0.25) is 0 Å². The first-order chi connectivity index (χ1) is 11.6. The van der Waals surface area contributed by atoms with Crippen molar-refractivity contribution in [3.63, 3.8) is 0 Å². The van der Waals surface area contributed by atoms with Crippen LogP contribution in [0.5, 0.6) is 0 Å². The number of carbonyl (C=O) groups excluding carboxylic acids is 1. The molecule has 1 aromatic carbocycles. The Hall–Kier alpha value is -1.99. The molecule has 1 amide bonds. The van der Waals surface area contributed by atoms with E-state index in [1.54, 1.807) is 18.0 Å². The molecule has 8 heteroatoms. The van der Waals surface area contributed by atoms with Crippen LogP contribution in [0.3, 0.4) is 0 Å². The van der Waals surface area contributed by atoms with Crippen LogP contribution in [0.15, 0.2) is 27.4 Å². The minimum atomic E-state index is -0.403. The van der Waals surface area contributed by atoms with Gasteiger partial charge >= 0.3 is 11.8 Å². The number of amides is 1. The van der Waals surface area contributed by atoms with E-state index in [4.69, 9.17) is 9.15 Å². The maximum atomic E-state index is 12.5. The number of aryl methyl sites for hydroxylation is 1. The van der Waals surface area contributed by atoms with Gasteiger partial charge in [-0.1, -0.05) is 0 Å². The van der Waals surface area contributed by atoms with Gasteiger partial charge in [0.25, 0.3) is 0 Å². The number of oxazole rings is 1. The summed E-state index contributed by atoms with van der Waals surface area (Å²) < 4.78 is 12.6. The molecule has 0 N–H and O–H groups in total. The van der Waals surface area contributed by atoms with Crippen LogP contribution in [0.1, 0.15) is 12.8 Å². The molecular weight excluding hydrogens is 346 g/mol. The average Bonchev–Trinajstić information content (AvgIpc) is 3.05. The number of carbonyl (C=O) groups is 1. The zero-order valence-corrected chi connectivity index (χ0v) is 14.8. The number of ether oxygens (including phenoxy) is 1. The van der Waals surface area contributed by atoms with Crippen LogP contribution >= 0.6 is 12.4 Å². The van der Waals surface area contributed by atoms with E-state index in [1.165, 1.54) is 4.57 Å². The Morgan fingerprint density at radius 3 is 2.60 bits per heavy atom. The lowest BCUT2D eigenvalue weighted by atomic mass is 9.75. The van der Waals surface area contributed by atoms with Crippen molar-refractivity contribution < 1.29 is 13.9 Å². The molecule has 4 aliphatic heterocycles. The number of aromatic nitrogens is 1. The summed E-state index contributed by atoms with van der Waals surface area (Å²) in [6.07, 6.45) is 1.88. The number of piperidine rings is 3. The summed E-state index contributed by atoms with van der Waals surface area (Å²) in [5.74, 6) is 0.0369. The first-order valence-corrected chi connectivity index (χ1v) is 8.38. The van der Waals surface area contributed by atoms with Crippen molar-refractivity contribution in [1.29, 1.82) is 0 Å². The largest absolute Gasteiger partial charge is 0.439 e. The SMILES string of the molecule is Cl.Cn1c(=O)oc2cc(N3C[C@@]4(CN5CCC4CC5)OC3=O)ccc21. The highest BCUT2D eigenvalue weighted by Gasteiger charge is 2.55. The van der Waals surface area contributed by atoms with Crippen LogP contribution in [0.25, 0.3) is 11.1 Å². The fourth-order valence-electron chi connectivity index (χ4n) is 4.50. The molecule has 0 radical (unpaired) electrons. The highest BCUT2D eigenvalue weighted by molar-refractivity contribution is 5.92. The molecule has 134 valence electrons. The van der Waals surface area contributed by atoms with E-state index in [0.717, 1.165) is 38.2 Å². The lowest BCUT2D eigenvalue weighted by molar-refractivity contribution is -0.0881. The summed E-state index contributed by atoms with van der Waals surface area (Å²) in [4.78, 5) is 28.2. The van der Waals surface area contributed by atoms with E-state index in [1.807, 2.05) is 12.1 Å². The van der Waals surface area contributed by atoms with Crippen molar-refractivity contribution in [3.8, 4) is 0 Å². The fourth-order valence-corrected chi connectivity index (χ4v) is 4.50. The van der Waals surface area contributed by atoms with Crippen molar-refractivity contribution >= 4 is 35.3 Å². The maximum Gasteiger partial charge on any atom is 0.419 e. The molecule has 4 saturated heterocycles. The molecule has 4 aliphatic rings. The van der Waals surface area contributed by atoms with Gasteiger partial charge in [-0.25, -0.2) is 9.59 Å². The number of nitrogens with zero attached hydrogens (tertiary/aromatic N) is 3. The van der Waals surface area contributed by atoms with E-state index in [9.17, 15) is 9.59 Å². The highest BCUT2D eigenvalue weighted by atomic mass is 35.5. The van der Waals surface area contributed by atoms with Crippen LogP contribution in [0.4, 0.5) is 10.5 Å². The van der Waals surface area contributed by atoms with E-state index < -0.39 is 5.76 Å². The van der Waals surface area contributed by atoms with Gasteiger partial charge in [0.05, 0.1) is 17.7 Å². The van der Waals surface area contributed by atoms with E-state index >= 15 is 0 Å². The van der Waals surface area contributed by atoms with Gasteiger partial charge in [-0.05, 0) is 38.1 Å². The lowest BCUT2D eigenvalue weighted by Gasteiger charge is -2.49. The number of hydrogen-bond donors (Lipinski definition) is 0. The standard InChI is InChI=1S/C17H19N3O4.ClH/c1-18-13-3-2-12(8-14(13)23-15(18)21)20-10-17(24-16(20)22)9-19-6-4-11(17)5-7-19;/h2-3,8,11H,4-7,9-10H2,1H3;1H/t17-;/m1./s1. The second-order valence-electron chi connectivity index (χ2n) is 7.15. The minimum Gasteiger partial charge on any atom is -0.439 e. The molecule has 0 saturated carbocycles. The van der Waals surface area contributed by atoms with Crippen molar-refractivity contribution in [2.75, 3.05) is 31.1 Å². The third-order valence-electron chi connectivity index (χ3n) is 5.85. The smallest absolute Gasteiger partial charge is 0.419 e. The Morgan fingerprint density at radius 2 is 1.92 bits per heavy atom. The molecule has 5 heterocycles. The molecule has 7 nitrogen and oxygen atoms in total. The topological polar surface area (TPSA) is 67.9 Å². The summed E-state index contributed by atoms with van der Waals surface area (Å²) in [5.41, 5.74) is 1.53. The molecule has 2 bridgehead atoms. The van der Waals surface area contributed by atoms with Gasteiger partial charge in [0.15, 0.2) is 5.58 Å². The van der Waals surface area contributed by atoms with Gasteiger partial charge in [-0.3, -0.25) is 14.4 Å². The minimum absolute atomic E-state index is 0. The molecule has 1 aromatic heterocycles. The molecule has 6 rings (SSSR count). The van der Waals surface area contributed by atoms with Crippen molar-refractivity contribution in [2.45, 2.75) is 18.4 Å². The van der Waals surface area contributed by atoms with Crippen LogP contribution < -0.4 is 10.7 Å². The van der Waals surface area contributed by atoms with Crippen LogP contribution in [-0.2, 0) is 11.8 Å². The summed E-state index contributed by atoms with van der Waals surface area (Å²) in [5, 5.41) is 0. The van der Waals surface area contributed by atoms with Gasteiger partial charge in [-0.2, -0.15) is 0 Å². The zero-order chi connectivity index (χ0) is 16.5. The Labute approximate surface area is 150 Å². The molecule has 4 fully saturated rings. The summed E-state index contributed by atoms with van der Waals surface area (Å²) in [6, 6.07) is 5.40. The highest BCUT2D eigenvalue weighted by Crippen LogP contribution is 2.43. The number of halogens is 1. The van der Waals surface area contributed by atoms with Gasteiger partial charge in [0, 0.05) is 25.6 Å². The Kier molecular flexibility index (Phi) is 3.63. The van der Waals surface area contributed by atoms with E-state index in [0.29, 0.717) is 23.6 Å². The van der Waals surface area contributed by atoms with E-state index in [-0.39, 0.29) is 24.1 Å². The van der Waals surface area contributed by atoms with Crippen LogP contribution in [-0.4, -0.2) is 47.3 Å². The lowest BCUT2D eigenvalue weighted by Crippen LogP contribution is -2.61. The molecule has 2 aromatic rings. The molecule has 0 aliphatic carbocycles.